The van der Waals surface area contributed by atoms with Gasteiger partial charge in [0.15, 0.2) is 0 Å². The summed E-state index contributed by atoms with van der Waals surface area (Å²) >= 11 is 0. The average molecular weight is 229 g/mol. The Balaban J connectivity index is 3.25. The summed E-state index contributed by atoms with van der Waals surface area (Å²) in [4.78, 5) is 0. The summed E-state index contributed by atoms with van der Waals surface area (Å²) in [5, 5.41) is 3.06. The minimum Gasteiger partial charge on any atom is -0.309 e. The molecular weight excluding hydrogens is 206 g/mol. The van der Waals surface area contributed by atoms with Gasteiger partial charge in [-0.05, 0) is 30.0 Å². The molecule has 0 saturated carbocycles. The van der Waals surface area contributed by atoms with Crippen LogP contribution >= 0.6 is 0 Å². The summed E-state index contributed by atoms with van der Waals surface area (Å²) in [7, 11) is 1.92. The van der Waals surface area contributed by atoms with E-state index in [0.717, 1.165) is 6.54 Å². The van der Waals surface area contributed by atoms with Crippen LogP contribution in [0.2, 0.25) is 0 Å². The fourth-order valence-corrected chi connectivity index (χ4v) is 1.92. The molecule has 0 fully saturated rings. The van der Waals surface area contributed by atoms with Crippen LogP contribution in [0.1, 0.15) is 56.2 Å². The average Bonchev–Trinajstić information content (AvgIpc) is 2.28. The highest BCUT2D eigenvalue weighted by Gasteiger charge is 2.11. The van der Waals surface area contributed by atoms with Gasteiger partial charge in [0, 0.05) is 5.56 Å². The molecule has 0 aliphatic rings. The van der Waals surface area contributed by atoms with E-state index in [1.807, 2.05) is 7.05 Å². The zero-order chi connectivity index (χ0) is 12.8. The van der Waals surface area contributed by atoms with E-state index in [0.29, 0.717) is 11.8 Å². The van der Waals surface area contributed by atoms with Crippen molar-refractivity contribution >= 4 is 0 Å². The van der Waals surface area contributed by atoms with E-state index in [1.54, 1.807) is 0 Å². The van der Waals surface area contributed by atoms with Crippen molar-refractivity contribution in [2.75, 3.05) is 13.6 Å². The normalized spacial score (nSPS) is 10.5. The zero-order valence-corrected chi connectivity index (χ0v) is 11.6. The maximum atomic E-state index is 3.33. The summed E-state index contributed by atoms with van der Waals surface area (Å²) in [6, 6.07) is 6.54. The predicted octanol–water partition coefficient (Wildman–Crippen LogP) is 3.50. The molecular formula is C16H23N. The van der Waals surface area contributed by atoms with Crippen molar-refractivity contribution in [1.29, 1.82) is 0 Å². The van der Waals surface area contributed by atoms with Crippen molar-refractivity contribution in [3.05, 3.63) is 34.9 Å². The van der Waals surface area contributed by atoms with E-state index in [2.05, 4.69) is 63.1 Å². The minimum atomic E-state index is 0.521. The number of benzene rings is 1. The fourth-order valence-electron chi connectivity index (χ4n) is 1.92. The second-order valence-electron chi connectivity index (χ2n) is 4.95. The Bertz CT molecular complexity index is 393. The number of hydrogen-bond acceptors (Lipinski definition) is 1. The number of nitrogens with one attached hydrogen (secondary N) is 1. The molecule has 92 valence electrons. The molecule has 0 heterocycles. The largest absolute Gasteiger partial charge is 0.309 e. The van der Waals surface area contributed by atoms with Gasteiger partial charge in [-0.25, -0.2) is 0 Å². The lowest BCUT2D eigenvalue weighted by molar-refractivity contribution is 0.828. The standard InChI is InChI=1S/C16H23N/c1-12(2)14-8-6-9-15(13(3)4)16(14)10-7-11-17-5/h6,8-9,12-13,17H,11H2,1-5H3. The zero-order valence-electron chi connectivity index (χ0n) is 11.6. The van der Waals surface area contributed by atoms with Crippen LogP contribution in [0, 0.1) is 11.8 Å². The summed E-state index contributed by atoms with van der Waals surface area (Å²) in [6.07, 6.45) is 0. The van der Waals surface area contributed by atoms with Gasteiger partial charge in [0.25, 0.3) is 0 Å². The third-order valence-electron chi connectivity index (χ3n) is 2.85. The molecule has 1 aromatic carbocycles. The van der Waals surface area contributed by atoms with Crippen LogP contribution in [0.25, 0.3) is 0 Å². The van der Waals surface area contributed by atoms with Gasteiger partial charge in [-0.3, -0.25) is 0 Å². The molecule has 0 aromatic heterocycles. The van der Waals surface area contributed by atoms with E-state index >= 15 is 0 Å². The van der Waals surface area contributed by atoms with Crippen LogP contribution in [0.15, 0.2) is 18.2 Å². The van der Waals surface area contributed by atoms with Gasteiger partial charge in [0.05, 0.1) is 6.54 Å². The third kappa shape index (κ3) is 3.61. The van der Waals surface area contributed by atoms with Gasteiger partial charge < -0.3 is 5.32 Å². The Morgan fingerprint density at radius 3 is 2.00 bits per heavy atom. The summed E-state index contributed by atoms with van der Waals surface area (Å²) in [6.45, 7) is 9.64. The monoisotopic (exact) mass is 229 g/mol. The maximum absolute atomic E-state index is 3.33. The van der Waals surface area contributed by atoms with E-state index < -0.39 is 0 Å². The number of rotatable bonds is 3. The predicted molar refractivity (Wildman–Crippen MR) is 75.4 cm³/mol. The van der Waals surface area contributed by atoms with Crippen LogP contribution in [-0.4, -0.2) is 13.6 Å². The Kier molecular flexibility index (Phi) is 5.25. The topological polar surface area (TPSA) is 12.0 Å². The minimum absolute atomic E-state index is 0.521. The van der Waals surface area contributed by atoms with Gasteiger partial charge in [0.1, 0.15) is 0 Å². The lowest BCUT2D eigenvalue weighted by Gasteiger charge is -2.15. The molecule has 0 spiro atoms. The highest BCUT2D eigenvalue weighted by Crippen LogP contribution is 2.26. The smallest absolute Gasteiger partial charge is 0.0577 e. The van der Waals surface area contributed by atoms with Crippen LogP contribution in [0.4, 0.5) is 0 Å². The first kappa shape index (κ1) is 13.8. The molecule has 0 radical (unpaired) electrons. The van der Waals surface area contributed by atoms with Crippen molar-refractivity contribution in [2.45, 2.75) is 39.5 Å². The second-order valence-corrected chi connectivity index (χ2v) is 4.95. The molecule has 1 N–H and O–H groups in total. The van der Waals surface area contributed by atoms with Gasteiger partial charge in [-0.2, -0.15) is 0 Å². The first-order valence-electron chi connectivity index (χ1n) is 6.34. The van der Waals surface area contributed by atoms with Crippen molar-refractivity contribution < 1.29 is 0 Å². The summed E-state index contributed by atoms with van der Waals surface area (Å²) < 4.78 is 0. The van der Waals surface area contributed by atoms with Crippen molar-refractivity contribution in [3.63, 3.8) is 0 Å². The molecule has 1 aromatic rings. The molecule has 0 bridgehead atoms. The van der Waals surface area contributed by atoms with Crippen LogP contribution < -0.4 is 5.32 Å². The second kappa shape index (κ2) is 6.47. The highest BCUT2D eigenvalue weighted by molar-refractivity contribution is 5.50. The Labute approximate surface area is 106 Å². The van der Waals surface area contributed by atoms with Crippen LogP contribution in [0.5, 0.6) is 0 Å². The molecule has 17 heavy (non-hydrogen) atoms. The summed E-state index contributed by atoms with van der Waals surface area (Å²) in [5.41, 5.74) is 3.95. The quantitative estimate of drug-likeness (QED) is 0.782. The Hall–Kier alpha value is -1.26. The van der Waals surface area contributed by atoms with Gasteiger partial charge in [-0.1, -0.05) is 57.7 Å². The van der Waals surface area contributed by atoms with Crippen molar-refractivity contribution in [1.82, 2.24) is 5.32 Å². The Morgan fingerprint density at radius 1 is 1.06 bits per heavy atom. The molecule has 0 amide bonds. The fraction of sp³-hybridized carbons (Fsp3) is 0.500. The summed E-state index contributed by atoms with van der Waals surface area (Å²) in [5.74, 6) is 7.56. The molecule has 0 atom stereocenters. The molecule has 0 unspecified atom stereocenters. The van der Waals surface area contributed by atoms with Crippen molar-refractivity contribution in [2.24, 2.45) is 0 Å². The van der Waals surface area contributed by atoms with E-state index in [9.17, 15) is 0 Å². The van der Waals surface area contributed by atoms with Gasteiger partial charge in [-0.15, -0.1) is 0 Å². The van der Waals surface area contributed by atoms with Gasteiger partial charge >= 0.3 is 0 Å². The highest BCUT2D eigenvalue weighted by atomic mass is 14.8. The lowest BCUT2D eigenvalue weighted by Crippen LogP contribution is -2.05. The number of hydrogen-bond donors (Lipinski definition) is 1. The van der Waals surface area contributed by atoms with Gasteiger partial charge in [0.2, 0.25) is 0 Å². The molecule has 0 saturated heterocycles. The molecule has 0 aliphatic heterocycles. The van der Waals surface area contributed by atoms with Crippen molar-refractivity contribution in [3.8, 4) is 11.8 Å². The van der Waals surface area contributed by atoms with E-state index in [4.69, 9.17) is 0 Å². The van der Waals surface area contributed by atoms with Crippen LogP contribution in [-0.2, 0) is 0 Å². The van der Waals surface area contributed by atoms with E-state index in [-0.39, 0.29) is 0 Å². The SMILES string of the molecule is CNCC#Cc1c(C(C)C)cccc1C(C)C. The Morgan fingerprint density at radius 2 is 1.59 bits per heavy atom. The molecule has 1 rings (SSSR count). The molecule has 0 aliphatic carbocycles. The van der Waals surface area contributed by atoms with Crippen LogP contribution in [0.3, 0.4) is 0 Å². The maximum Gasteiger partial charge on any atom is 0.0577 e. The first-order chi connectivity index (χ1) is 8.07. The first-order valence-corrected chi connectivity index (χ1v) is 6.34. The molecule has 1 heteroatoms. The lowest BCUT2D eigenvalue weighted by atomic mass is 9.89. The third-order valence-corrected chi connectivity index (χ3v) is 2.85. The molecule has 1 nitrogen and oxygen atoms in total. The van der Waals surface area contributed by atoms with E-state index in [1.165, 1.54) is 16.7 Å².